The van der Waals surface area contributed by atoms with E-state index in [1.165, 1.54) is 17.1 Å². The summed E-state index contributed by atoms with van der Waals surface area (Å²) in [6.45, 7) is 10.9. The molecule has 4 bridgehead atoms. The molecule has 0 spiro atoms. The minimum atomic E-state index is -4.06. The molecule has 0 radical (unpaired) electrons. The third-order valence-electron chi connectivity index (χ3n) is 15.2. The maximum atomic E-state index is 15.0. The maximum absolute atomic E-state index is 15.0. The van der Waals surface area contributed by atoms with Crippen molar-refractivity contribution in [2.45, 2.75) is 164 Å². The van der Waals surface area contributed by atoms with Crippen molar-refractivity contribution in [1.82, 2.24) is 30.1 Å². The average Bonchev–Trinajstić information content (AvgIpc) is 4.11. The van der Waals surface area contributed by atoms with Gasteiger partial charge in [-0.05, 0) is 102 Å². The van der Waals surface area contributed by atoms with E-state index in [2.05, 4.69) is 33.9 Å². The zero-order valence-electron chi connectivity index (χ0n) is 37.8. The van der Waals surface area contributed by atoms with Crippen LogP contribution in [0.25, 0.3) is 10.9 Å². The number of nitrogens with one attached hydrogen (secondary N) is 3. The Hall–Kier alpha value is -4.70. The van der Waals surface area contributed by atoms with Crippen LogP contribution in [0.4, 0.5) is 4.79 Å². The van der Waals surface area contributed by atoms with Crippen molar-refractivity contribution >= 4 is 44.7 Å². The highest BCUT2D eigenvalue weighted by molar-refractivity contribution is 7.91. The summed E-state index contributed by atoms with van der Waals surface area (Å²) in [6.07, 6.45) is 13.0. The molecule has 9 atom stereocenters. The molecule has 1 aromatic carbocycles. The Morgan fingerprint density at radius 2 is 1.75 bits per heavy atom. The SMILES string of the molecule is C=CC1C=CC1(NC(=O)C1CC2CN1C(=O)C(C(C)(C)C)NC(=O)OC1CC1CCCCCc1c(nc3ccccc3c1OC1CC3CCC(C1)N3C)O2)C(=O)NS(=O)(=O)C1(C)CC1. The van der Waals surface area contributed by atoms with Crippen LogP contribution in [0.5, 0.6) is 11.6 Å². The molecule has 7 aliphatic rings. The predicted octanol–water partition coefficient (Wildman–Crippen LogP) is 5.46. The van der Waals surface area contributed by atoms with E-state index in [0.29, 0.717) is 42.7 Å². The number of amides is 4. The van der Waals surface area contributed by atoms with Crippen LogP contribution in [0.15, 0.2) is 49.1 Å². The highest BCUT2D eigenvalue weighted by atomic mass is 32.2. The standard InChI is InChI=1S/C48H64N6O9S/c1-7-29-19-20-48(29,44(57)52-64(59,60)47(5)21-22-47)51-41(55)37-26-33-27-54(37)43(56)40(46(2,3)4)50-45(58)63-38-23-28(38)13-9-8-10-15-35-39(34-14-11-12-16-36(34)49-42(35)62-33)61-32-24-30-17-18-31(25-32)53(30)6/h7,11-12,14,16,19-20,28-33,37-38,40H,1,8-10,13,15,17-18,21-27H2,2-6H3,(H,50,58)(H,51,55)(H,52,57). The van der Waals surface area contributed by atoms with Crippen molar-refractivity contribution in [3.63, 3.8) is 0 Å². The summed E-state index contributed by atoms with van der Waals surface area (Å²) in [6, 6.07) is 6.57. The topological polar surface area (TPSA) is 186 Å². The van der Waals surface area contributed by atoms with E-state index in [1.54, 1.807) is 13.0 Å². The van der Waals surface area contributed by atoms with Gasteiger partial charge in [-0.2, -0.15) is 0 Å². The Morgan fingerprint density at radius 3 is 2.42 bits per heavy atom. The molecule has 15 nitrogen and oxygen atoms in total. The number of aromatic nitrogens is 1. The molecule has 1 aromatic heterocycles. The third kappa shape index (κ3) is 8.37. The number of benzene rings is 1. The smallest absolute Gasteiger partial charge is 0.408 e. The molecule has 9 unspecified atom stereocenters. The van der Waals surface area contributed by atoms with Gasteiger partial charge in [-0.25, -0.2) is 18.2 Å². The molecule has 4 amide bonds. The molecule has 3 aliphatic carbocycles. The minimum Gasteiger partial charge on any atom is -0.489 e. The molecule has 2 saturated carbocycles. The first-order valence-electron chi connectivity index (χ1n) is 23.3. The van der Waals surface area contributed by atoms with E-state index in [0.717, 1.165) is 74.5 Å². The van der Waals surface area contributed by atoms with Crippen molar-refractivity contribution in [2.24, 2.45) is 17.3 Å². The van der Waals surface area contributed by atoms with Gasteiger partial charge in [0, 0.05) is 29.8 Å². The molecule has 346 valence electrons. The third-order valence-corrected chi connectivity index (χ3v) is 17.4. The van der Waals surface area contributed by atoms with Gasteiger partial charge in [0.15, 0.2) is 0 Å². The van der Waals surface area contributed by atoms with E-state index >= 15 is 0 Å². The normalized spacial score (nSPS) is 33.8. The van der Waals surface area contributed by atoms with Crippen molar-refractivity contribution in [2.75, 3.05) is 13.6 Å². The Bertz CT molecular complexity index is 2350. The number of carbonyl (C=O) groups is 4. The number of carbonyl (C=O) groups excluding carboxylic acids is 4. The summed E-state index contributed by atoms with van der Waals surface area (Å²) in [5, 5.41) is 6.61. The number of pyridine rings is 1. The van der Waals surface area contributed by atoms with Crippen LogP contribution in [0.1, 0.15) is 110 Å². The predicted molar refractivity (Wildman–Crippen MR) is 240 cm³/mol. The molecule has 16 heteroatoms. The Morgan fingerprint density at radius 1 is 1.02 bits per heavy atom. The van der Waals surface area contributed by atoms with E-state index in [-0.39, 0.29) is 31.1 Å². The number of piperidine rings is 1. The average molecular weight is 901 g/mol. The molecular formula is C48H64N6O9S. The van der Waals surface area contributed by atoms with Gasteiger partial charge in [-0.1, -0.05) is 64.0 Å². The number of para-hydroxylation sites is 1. The van der Waals surface area contributed by atoms with Crippen molar-refractivity contribution in [1.29, 1.82) is 0 Å². The lowest BCUT2D eigenvalue weighted by molar-refractivity contribution is -0.143. The molecular weight excluding hydrogens is 837 g/mol. The number of ether oxygens (including phenoxy) is 3. The molecule has 5 heterocycles. The van der Waals surface area contributed by atoms with Crippen molar-refractivity contribution < 1.29 is 41.8 Å². The fraction of sp³-hybridized carbons (Fsp3) is 0.646. The zero-order chi connectivity index (χ0) is 45.3. The second-order valence-electron chi connectivity index (χ2n) is 20.8. The van der Waals surface area contributed by atoms with Gasteiger partial charge >= 0.3 is 6.09 Å². The van der Waals surface area contributed by atoms with Gasteiger partial charge in [-0.15, -0.1) is 6.58 Å². The minimum absolute atomic E-state index is 0.0155. The Labute approximate surface area is 376 Å². The Kier molecular flexibility index (Phi) is 11.6. The quantitative estimate of drug-likeness (QED) is 0.286. The number of hydrogen-bond donors (Lipinski definition) is 3. The molecule has 2 aromatic rings. The summed E-state index contributed by atoms with van der Waals surface area (Å²) in [4.78, 5) is 66.3. The van der Waals surface area contributed by atoms with E-state index in [4.69, 9.17) is 19.2 Å². The van der Waals surface area contributed by atoms with Crippen LogP contribution >= 0.6 is 0 Å². The van der Waals surface area contributed by atoms with Crippen molar-refractivity contribution in [3.8, 4) is 11.6 Å². The molecule has 5 fully saturated rings. The summed E-state index contributed by atoms with van der Waals surface area (Å²) in [5.74, 6) is -1.44. The first kappa shape index (κ1) is 44.5. The second kappa shape index (κ2) is 16.6. The van der Waals surface area contributed by atoms with Crippen molar-refractivity contribution in [3.05, 3.63) is 54.6 Å². The van der Waals surface area contributed by atoms with Gasteiger partial charge in [0.25, 0.3) is 5.91 Å². The van der Waals surface area contributed by atoms with Crippen LogP contribution in [0.2, 0.25) is 0 Å². The molecule has 4 aliphatic heterocycles. The summed E-state index contributed by atoms with van der Waals surface area (Å²) < 4.78 is 47.6. The van der Waals surface area contributed by atoms with Crippen LogP contribution in [0, 0.1) is 17.3 Å². The summed E-state index contributed by atoms with van der Waals surface area (Å²) in [5.41, 5.74) is -1.03. The van der Waals surface area contributed by atoms with E-state index in [9.17, 15) is 27.6 Å². The van der Waals surface area contributed by atoms with Gasteiger partial charge in [0.1, 0.15) is 41.7 Å². The summed E-state index contributed by atoms with van der Waals surface area (Å²) in [7, 11) is -1.85. The fourth-order valence-corrected chi connectivity index (χ4v) is 11.9. The number of fused-ring (bicyclic) bond motifs is 7. The molecule has 3 saturated heterocycles. The van der Waals surface area contributed by atoms with Gasteiger partial charge in [-0.3, -0.25) is 19.1 Å². The fourth-order valence-electron chi connectivity index (χ4n) is 10.6. The molecule has 3 N–H and O–H groups in total. The number of nitrogens with zero attached hydrogens (tertiary/aromatic N) is 3. The second-order valence-corrected chi connectivity index (χ2v) is 23.0. The zero-order valence-corrected chi connectivity index (χ0v) is 38.6. The molecule has 64 heavy (non-hydrogen) atoms. The summed E-state index contributed by atoms with van der Waals surface area (Å²) >= 11 is 0. The van der Waals surface area contributed by atoms with Gasteiger partial charge < -0.3 is 34.6 Å². The van der Waals surface area contributed by atoms with Crippen LogP contribution in [-0.2, 0) is 35.6 Å². The van der Waals surface area contributed by atoms with E-state index in [1.807, 2.05) is 45.0 Å². The van der Waals surface area contributed by atoms with Crippen LogP contribution < -0.4 is 24.8 Å². The largest absolute Gasteiger partial charge is 0.489 e. The van der Waals surface area contributed by atoms with E-state index < -0.39 is 73.6 Å². The van der Waals surface area contributed by atoms with Crippen LogP contribution in [0.3, 0.4) is 0 Å². The molecule has 9 rings (SSSR count). The number of hydrogen-bond acceptors (Lipinski definition) is 11. The Balaban J connectivity index is 1.07. The first-order valence-corrected chi connectivity index (χ1v) is 24.8. The lowest BCUT2D eigenvalue weighted by Gasteiger charge is -2.42. The lowest BCUT2D eigenvalue weighted by atomic mass is 9.73. The van der Waals surface area contributed by atoms with Gasteiger partial charge in [0.2, 0.25) is 27.7 Å². The highest BCUT2D eigenvalue weighted by Gasteiger charge is 2.56. The first-order chi connectivity index (χ1) is 30.4. The lowest BCUT2D eigenvalue weighted by Crippen LogP contribution is -2.68. The van der Waals surface area contributed by atoms with Gasteiger partial charge in [0.05, 0.1) is 22.4 Å². The number of alkyl carbamates (subject to hydrolysis) is 1. The number of rotatable bonds is 8. The maximum Gasteiger partial charge on any atom is 0.408 e. The number of sulfonamides is 1. The highest BCUT2D eigenvalue weighted by Crippen LogP contribution is 2.45. The van der Waals surface area contributed by atoms with Crippen LogP contribution in [-0.4, -0.2) is 113 Å². The monoisotopic (exact) mass is 900 g/mol.